The molecule has 0 spiro atoms. The highest BCUT2D eigenvalue weighted by Crippen LogP contribution is 2.43. The molecule has 1 atom stereocenters. The van der Waals surface area contributed by atoms with Crippen molar-refractivity contribution in [2.24, 2.45) is 5.73 Å². The first-order valence-corrected chi connectivity index (χ1v) is 6.25. The summed E-state index contributed by atoms with van der Waals surface area (Å²) in [4.78, 5) is 0. The van der Waals surface area contributed by atoms with E-state index in [2.05, 4.69) is 0 Å². The van der Waals surface area contributed by atoms with Crippen LogP contribution >= 0.6 is 0 Å². The zero-order chi connectivity index (χ0) is 16.4. The highest BCUT2D eigenvalue weighted by molar-refractivity contribution is 5.35. The van der Waals surface area contributed by atoms with Crippen molar-refractivity contribution in [3.8, 4) is 11.5 Å². The third-order valence-electron chi connectivity index (χ3n) is 2.96. The number of nitrogens with two attached hydrogens (primary N) is 1. The normalized spacial score (nSPS) is 13.7. The maximum absolute atomic E-state index is 13.3. The van der Waals surface area contributed by atoms with E-state index in [-0.39, 0.29) is 11.3 Å². The summed E-state index contributed by atoms with van der Waals surface area (Å²) in [6.45, 7) is 0. The van der Waals surface area contributed by atoms with Crippen LogP contribution in [-0.2, 0) is 0 Å². The summed E-state index contributed by atoms with van der Waals surface area (Å²) in [6, 6.07) is 10.8. The van der Waals surface area contributed by atoms with Crippen molar-refractivity contribution >= 4 is 0 Å². The standard InChI is InChI=1S/C15H12F5NO/c16-14(17,15(18,19)20)13(21)10-5-4-8-12(9-10)22-11-6-2-1-3-7-11/h1-9,13H,21H2/t13-/m1/s1. The van der Waals surface area contributed by atoms with Crippen molar-refractivity contribution in [3.05, 3.63) is 60.2 Å². The summed E-state index contributed by atoms with van der Waals surface area (Å²) in [5.74, 6) is -4.48. The van der Waals surface area contributed by atoms with E-state index in [1.807, 2.05) is 0 Å². The highest BCUT2D eigenvalue weighted by atomic mass is 19.4. The Morgan fingerprint density at radius 1 is 0.818 bits per heavy atom. The van der Waals surface area contributed by atoms with E-state index in [1.54, 1.807) is 30.3 Å². The van der Waals surface area contributed by atoms with Crippen LogP contribution in [0.25, 0.3) is 0 Å². The quantitative estimate of drug-likeness (QED) is 0.831. The second kappa shape index (κ2) is 5.92. The van der Waals surface area contributed by atoms with E-state index in [9.17, 15) is 22.0 Å². The van der Waals surface area contributed by atoms with Crippen LogP contribution in [0, 0.1) is 0 Å². The largest absolute Gasteiger partial charge is 0.457 e. The van der Waals surface area contributed by atoms with Gasteiger partial charge < -0.3 is 10.5 Å². The lowest BCUT2D eigenvalue weighted by Gasteiger charge is -2.26. The highest BCUT2D eigenvalue weighted by Gasteiger charge is 2.61. The smallest absolute Gasteiger partial charge is 0.455 e. The first-order chi connectivity index (χ1) is 10.2. The zero-order valence-electron chi connectivity index (χ0n) is 11.1. The molecule has 118 valence electrons. The molecule has 0 heterocycles. The van der Waals surface area contributed by atoms with Crippen molar-refractivity contribution in [2.75, 3.05) is 0 Å². The molecule has 2 aromatic carbocycles. The fourth-order valence-corrected chi connectivity index (χ4v) is 1.78. The van der Waals surface area contributed by atoms with Gasteiger partial charge in [-0.25, -0.2) is 0 Å². The molecular formula is C15H12F5NO. The monoisotopic (exact) mass is 317 g/mol. The van der Waals surface area contributed by atoms with Gasteiger partial charge in [0.2, 0.25) is 0 Å². The molecule has 7 heteroatoms. The van der Waals surface area contributed by atoms with Gasteiger partial charge in [0.05, 0.1) is 0 Å². The summed E-state index contributed by atoms with van der Waals surface area (Å²) < 4.78 is 69.0. The predicted molar refractivity (Wildman–Crippen MR) is 70.9 cm³/mol. The van der Waals surface area contributed by atoms with Crippen molar-refractivity contribution in [3.63, 3.8) is 0 Å². The molecule has 2 nitrogen and oxygen atoms in total. The average Bonchev–Trinajstić information content (AvgIpc) is 2.46. The van der Waals surface area contributed by atoms with Crippen LogP contribution in [0.15, 0.2) is 54.6 Å². The van der Waals surface area contributed by atoms with E-state index < -0.39 is 18.1 Å². The molecule has 0 bridgehead atoms. The number of halogens is 5. The van der Waals surface area contributed by atoms with Crippen LogP contribution in [0.5, 0.6) is 11.5 Å². The summed E-state index contributed by atoms with van der Waals surface area (Å²) in [5, 5.41) is 0. The Hall–Kier alpha value is -2.15. The van der Waals surface area contributed by atoms with Crippen LogP contribution in [0.3, 0.4) is 0 Å². The Balaban J connectivity index is 2.25. The summed E-state index contributed by atoms with van der Waals surface area (Å²) in [7, 11) is 0. The molecule has 0 aromatic heterocycles. The Labute approximate surface area is 123 Å². The number of benzene rings is 2. The number of hydrogen-bond donors (Lipinski definition) is 1. The Morgan fingerprint density at radius 3 is 2.00 bits per heavy atom. The van der Waals surface area contributed by atoms with Crippen LogP contribution < -0.4 is 10.5 Å². The molecule has 0 unspecified atom stereocenters. The number of para-hydroxylation sites is 1. The Bertz CT molecular complexity index is 627. The van der Waals surface area contributed by atoms with Crippen LogP contribution in [0.2, 0.25) is 0 Å². The number of rotatable bonds is 4. The molecule has 0 radical (unpaired) electrons. The molecule has 0 amide bonds. The molecule has 0 aliphatic carbocycles. The summed E-state index contributed by atoms with van der Waals surface area (Å²) in [5.41, 5.74) is 4.73. The minimum Gasteiger partial charge on any atom is -0.457 e. The van der Waals surface area contributed by atoms with Crippen LogP contribution in [0.4, 0.5) is 22.0 Å². The van der Waals surface area contributed by atoms with Crippen molar-refractivity contribution in [1.29, 1.82) is 0 Å². The molecule has 22 heavy (non-hydrogen) atoms. The van der Waals surface area contributed by atoms with Gasteiger partial charge in [0.15, 0.2) is 0 Å². The van der Waals surface area contributed by atoms with Crippen molar-refractivity contribution in [1.82, 2.24) is 0 Å². The van der Waals surface area contributed by atoms with E-state index >= 15 is 0 Å². The van der Waals surface area contributed by atoms with Crippen LogP contribution in [-0.4, -0.2) is 12.1 Å². The fraction of sp³-hybridized carbons (Fsp3) is 0.200. The topological polar surface area (TPSA) is 35.2 Å². The maximum atomic E-state index is 13.3. The third kappa shape index (κ3) is 3.36. The average molecular weight is 317 g/mol. The van der Waals surface area contributed by atoms with E-state index in [4.69, 9.17) is 10.5 Å². The van der Waals surface area contributed by atoms with Gasteiger partial charge in [-0.1, -0.05) is 30.3 Å². The van der Waals surface area contributed by atoms with Gasteiger partial charge in [-0.05, 0) is 29.8 Å². The van der Waals surface area contributed by atoms with E-state index in [0.717, 1.165) is 12.1 Å². The molecule has 0 aliphatic rings. The molecule has 2 N–H and O–H groups in total. The second-order valence-corrected chi connectivity index (χ2v) is 4.59. The number of alkyl halides is 5. The van der Waals surface area contributed by atoms with Gasteiger partial charge in [0.1, 0.15) is 17.5 Å². The van der Waals surface area contributed by atoms with Crippen molar-refractivity contribution < 1.29 is 26.7 Å². The van der Waals surface area contributed by atoms with Gasteiger partial charge in [0.25, 0.3) is 0 Å². The van der Waals surface area contributed by atoms with Gasteiger partial charge in [-0.2, -0.15) is 22.0 Å². The zero-order valence-corrected chi connectivity index (χ0v) is 11.1. The lowest BCUT2D eigenvalue weighted by Crippen LogP contribution is -2.45. The SMILES string of the molecule is N[C@H](c1cccc(Oc2ccccc2)c1)C(F)(F)C(F)(F)F. The molecule has 0 saturated heterocycles. The van der Waals surface area contributed by atoms with Gasteiger partial charge in [-0.15, -0.1) is 0 Å². The van der Waals surface area contributed by atoms with E-state index in [0.29, 0.717) is 5.75 Å². The summed E-state index contributed by atoms with van der Waals surface area (Å²) >= 11 is 0. The molecule has 0 fully saturated rings. The minimum atomic E-state index is -5.72. The van der Waals surface area contributed by atoms with Crippen LogP contribution in [0.1, 0.15) is 11.6 Å². The lowest BCUT2D eigenvalue weighted by atomic mass is 10.0. The van der Waals surface area contributed by atoms with Crippen molar-refractivity contribution in [2.45, 2.75) is 18.1 Å². The van der Waals surface area contributed by atoms with Gasteiger partial charge >= 0.3 is 12.1 Å². The first kappa shape index (κ1) is 16.2. The molecule has 2 aromatic rings. The van der Waals surface area contributed by atoms with E-state index in [1.165, 1.54) is 12.1 Å². The first-order valence-electron chi connectivity index (χ1n) is 6.25. The minimum absolute atomic E-state index is 0.122. The maximum Gasteiger partial charge on any atom is 0.455 e. The Kier molecular flexibility index (Phi) is 4.37. The Morgan fingerprint density at radius 2 is 1.41 bits per heavy atom. The van der Waals surface area contributed by atoms with Gasteiger partial charge in [-0.3, -0.25) is 0 Å². The molecule has 2 rings (SSSR count). The predicted octanol–water partition coefficient (Wildman–Crippen LogP) is 4.68. The number of ether oxygens (including phenoxy) is 1. The summed E-state index contributed by atoms with van der Waals surface area (Å²) in [6.07, 6.45) is -5.72. The lowest BCUT2D eigenvalue weighted by molar-refractivity contribution is -0.291. The fourth-order valence-electron chi connectivity index (χ4n) is 1.78. The van der Waals surface area contributed by atoms with Gasteiger partial charge in [0, 0.05) is 0 Å². The second-order valence-electron chi connectivity index (χ2n) is 4.59. The molecule has 0 saturated carbocycles. The third-order valence-corrected chi connectivity index (χ3v) is 2.96. The number of hydrogen-bond acceptors (Lipinski definition) is 2. The molecular weight excluding hydrogens is 305 g/mol. The molecule has 0 aliphatic heterocycles.